The minimum Gasteiger partial charge on any atom is -0.449 e. The number of hydrogen-bond donors (Lipinski definition) is 2. The lowest BCUT2D eigenvalue weighted by molar-refractivity contribution is -0.0640. The highest BCUT2D eigenvalue weighted by Gasteiger charge is 2.44. The van der Waals surface area contributed by atoms with Crippen LogP contribution in [0.3, 0.4) is 0 Å². The van der Waals surface area contributed by atoms with Gasteiger partial charge in [0.05, 0.1) is 0 Å². The summed E-state index contributed by atoms with van der Waals surface area (Å²) in [6.07, 6.45) is 6.22. The highest BCUT2D eigenvalue weighted by Crippen LogP contribution is 2.46. The van der Waals surface area contributed by atoms with Crippen molar-refractivity contribution in [3.8, 4) is 11.5 Å². The Balaban J connectivity index is 1.39. The lowest BCUT2D eigenvalue weighted by atomic mass is 9.75. The van der Waals surface area contributed by atoms with Gasteiger partial charge in [-0.2, -0.15) is 0 Å². The zero-order valence-electron chi connectivity index (χ0n) is 15.6. The minimum absolute atomic E-state index is 0.153. The molecule has 1 saturated heterocycles. The van der Waals surface area contributed by atoms with Crippen LogP contribution >= 0.6 is 0 Å². The second-order valence-electron chi connectivity index (χ2n) is 7.87. The van der Waals surface area contributed by atoms with Gasteiger partial charge in [-0.05, 0) is 43.2 Å². The molecule has 2 fully saturated rings. The van der Waals surface area contributed by atoms with Gasteiger partial charge in [-0.15, -0.1) is 0 Å². The highest BCUT2D eigenvalue weighted by molar-refractivity contribution is 5.90. The number of rotatable bonds is 3. The SMILES string of the molecule is CCC1(C)Oc2ccc(NC(=O)NC3CCCC34CCOCC4)cc2O1. The first-order chi connectivity index (χ1) is 12.5. The summed E-state index contributed by atoms with van der Waals surface area (Å²) in [6, 6.07) is 5.60. The number of fused-ring (bicyclic) bond motifs is 1. The van der Waals surface area contributed by atoms with E-state index in [0.29, 0.717) is 11.4 Å². The smallest absolute Gasteiger partial charge is 0.319 e. The van der Waals surface area contributed by atoms with E-state index in [1.165, 1.54) is 12.8 Å². The number of ether oxygens (including phenoxy) is 3. The molecule has 2 aliphatic heterocycles. The van der Waals surface area contributed by atoms with Crippen LogP contribution in [-0.4, -0.2) is 31.1 Å². The summed E-state index contributed by atoms with van der Waals surface area (Å²) in [5.41, 5.74) is 0.928. The molecule has 2 atom stereocenters. The molecule has 4 rings (SSSR count). The number of urea groups is 1. The molecule has 142 valence electrons. The van der Waals surface area contributed by atoms with Crippen molar-refractivity contribution >= 4 is 11.7 Å². The summed E-state index contributed by atoms with van der Waals surface area (Å²) in [4.78, 5) is 12.6. The normalized spacial score (nSPS) is 28.9. The van der Waals surface area contributed by atoms with E-state index in [-0.39, 0.29) is 17.5 Å². The van der Waals surface area contributed by atoms with Crippen LogP contribution in [0.5, 0.6) is 11.5 Å². The number of carbonyl (C=O) groups is 1. The fraction of sp³-hybridized carbons (Fsp3) is 0.650. The van der Waals surface area contributed by atoms with Gasteiger partial charge in [-0.25, -0.2) is 4.79 Å². The maximum Gasteiger partial charge on any atom is 0.319 e. The molecular formula is C20H28N2O4. The van der Waals surface area contributed by atoms with Crippen molar-refractivity contribution in [2.45, 2.75) is 64.2 Å². The average Bonchev–Trinajstić information content (AvgIpc) is 3.16. The van der Waals surface area contributed by atoms with Gasteiger partial charge in [-0.3, -0.25) is 0 Å². The van der Waals surface area contributed by atoms with Crippen LogP contribution < -0.4 is 20.1 Å². The van der Waals surface area contributed by atoms with Gasteiger partial charge in [0.2, 0.25) is 5.79 Å². The molecule has 2 amide bonds. The minimum atomic E-state index is -0.623. The van der Waals surface area contributed by atoms with Crippen molar-refractivity contribution in [3.63, 3.8) is 0 Å². The van der Waals surface area contributed by atoms with Crippen molar-refractivity contribution in [3.05, 3.63) is 18.2 Å². The van der Waals surface area contributed by atoms with Gasteiger partial charge in [0, 0.05) is 44.4 Å². The largest absolute Gasteiger partial charge is 0.449 e. The third-order valence-corrected chi connectivity index (χ3v) is 6.20. The van der Waals surface area contributed by atoms with E-state index in [1.807, 2.05) is 32.0 Å². The molecule has 1 aromatic carbocycles. The molecule has 2 unspecified atom stereocenters. The topological polar surface area (TPSA) is 68.8 Å². The molecular weight excluding hydrogens is 332 g/mol. The molecule has 1 aliphatic carbocycles. The average molecular weight is 360 g/mol. The molecule has 0 bridgehead atoms. The molecule has 6 heteroatoms. The van der Waals surface area contributed by atoms with Crippen LogP contribution in [0.2, 0.25) is 0 Å². The van der Waals surface area contributed by atoms with Gasteiger partial charge in [0.1, 0.15) is 0 Å². The standard InChI is InChI=1S/C20H28N2O4/c1-3-19(2)25-15-7-6-14(13-16(15)26-19)21-18(23)22-17-5-4-8-20(17)9-11-24-12-10-20/h6-7,13,17H,3-5,8-12H2,1-2H3,(H2,21,22,23). The van der Waals surface area contributed by atoms with E-state index in [1.54, 1.807) is 0 Å². The Bertz CT molecular complexity index is 686. The number of benzene rings is 1. The van der Waals surface area contributed by atoms with Crippen LogP contribution in [0.15, 0.2) is 18.2 Å². The maximum atomic E-state index is 12.6. The molecule has 0 aromatic heterocycles. The van der Waals surface area contributed by atoms with E-state index in [0.717, 1.165) is 44.6 Å². The second-order valence-corrected chi connectivity index (χ2v) is 7.87. The lowest BCUT2D eigenvalue weighted by Crippen LogP contribution is -2.48. The number of nitrogens with one attached hydrogen (secondary N) is 2. The molecule has 1 spiro atoms. The van der Waals surface area contributed by atoms with Crippen molar-refractivity contribution in [2.24, 2.45) is 5.41 Å². The van der Waals surface area contributed by atoms with Gasteiger partial charge >= 0.3 is 6.03 Å². The van der Waals surface area contributed by atoms with E-state index in [2.05, 4.69) is 10.6 Å². The fourth-order valence-corrected chi connectivity index (χ4v) is 4.45. The van der Waals surface area contributed by atoms with Crippen molar-refractivity contribution in [1.29, 1.82) is 0 Å². The van der Waals surface area contributed by atoms with Gasteiger partial charge in [-0.1, -0.05) is 13.3 Å². The van der Waals surface area contributed by atoms with E-state index >= 15 is 0 Å². The Hall–Kier alpha value is -1.95. The molecule has 0 radical (unpaired) electrons. The van der Waals surface area contributed by atoms with E-state index < -0.39 is 5.79 Å². The van der Waals surface area contributed by atoms with E-state index in [4.69, 9.17) is 14.2 Å². The third-order valence-electron chi connectivity index (χ3n) is 6.20. The lowest BCUT2D eigenvalue weighted by Gasteiger charge is -2.39. The molecule has 6 nitrogen and oxygen atoms in total. The van der Waals surface area contributed by atoms with Crippen molar-refractivity contribution < 1.29 is 19.0 Å². The Kier molecular flexibility index (Phi) is 4.47. The van der Waals surface area contributed by atoms with Gasteiger partial charge in [0.25, 0.3) is 0 Å². The molecule has 3 aliphatic rings. The van der Waals surface area contributed by atoms with E-state index in [9.17, 15) is 4.79 Å². The first-order valence-corrected chi connectivity index (χ1v) is 9.69. The number of hydrogen-bond acceptors (Lipinski definition) is 4. The monoisotopic (exact) mass is 360 g/mol. The fourth-order valence-electron chi connectivity index (χ4n) is 4.45. The number of amides is 2. The highest BCUT2D eigenvalue weighted by atomic mass is 16.7. The first-order valence-electron chi connectivity index (χ1n) is 9.69. The summed E-state index contributed by atoms with van der Waals surface area (Å²) in [5, 5.41) is 6.15. The Labute approximate surface area is 154 Å². The molecule has 2 heterocycles. The van der Waals surface area contributed by atoms with Gasteiger partial charge in [0.15, 0.2) is 11.5 Å². The molecule has 2 N–H and O–H groups in total. The van der Waals surface area contributed by atoms with Crippen molar-refractivity contribution in [1.82, 2.24) is 5.32 Å². The van der Waals surface area contributed by atoms with Crippen LogP contribution in [0.4, 0.5) is 10.5 Å². The van der Waals surface area contributed by atoms with Crippen LogP contribution in [0.1, 0.15) is 52.4 Å². The van der Waals surface area contributed by atoms with Gasteiger partial charge < -0.3 is 24.8 Å². The Morgan fingerprint density at radius 3 is 2.73 bits per heavy atom. The molecule has 1 saturated carbocycles. The van der Waals surface area contributed by atoms with Crippen LogP contribution in [-0.2, 0) is 4.74 Å². The first kappa shape index (κ1) is 17.5. The number of anilines is 1. The van der Waals surface area contributed by atoms with Crippen LogP contribution in [0, 0.1) is 5.41 Å². The second kappa shape index (κ2) is 6.65. The summed E-state index contributed by atoms with van der Waals surface area (Å²) in [7, 11) is 0. The summed E-state index contributed by atoms with van der Waals surface area (Å²) in [5.74, 6) is 0.772. The Morgan fingerprint density at radius 2 is 1.96 bits per heavy atom. The molecule has 26 heavy (non-hydrogen) atoms. The quantitative estimate of drug-likeness (QED) is 0.853. The molecule has 1 aromatic rings. The summed E-state index contributed by atoms with van der Waals surface area (Å²) in [6.45, 7) is 5.54. The zero-order valence-corrected chi connectivity index (χ0v) is 15.6. The maximum absolute atomic E-state index is 12.6. The Morgan fingerprint density at radius 1 is 1.19 bits per heavy atom. The number of carbonyl (C=O) groups excluding carboxylic acids is 1. The van der Waals surface area contributed by atoms with Crippen LogP contribution in [0.25, 0.3) is 0 Å². The summed E-state index contributed by atoms with van der Waals surface area (Å²) < 4.78 is 17.2. The predicted octanol–water partition coefficient (Wildman–Crippen LogP) is 4.05. The summed E-state index contributed by atoms with van der Waals surface area (Å²) >= 11 is 0. The third kappa shape index (κ3) is 3.22. The van der Waals surface area contributed by atoms with Crippen molar-refractivity contribution in [2.75, 3.05) is 18.5 Å². The predicted molar refractivity (Wildman–Crippen MR) is 98.7 cm³/mol. The zero-order chi connectivity index (χ0) is 18.2.